The lowest BCUT2D eigenvalue weighted by Gasteiger charge is -2.12. The van der Waals surface area contributed by atoms with E-state index in [1.165, 1.54) is 12.1 Å². The van der Waals surface area contributed by atoms with E-state index in [0.717, 1.165) is 0 Å². The van der Waals surface area contributed by atoms with E-state index in [1.54, 1.807) is 26.0 Å². The smallest absolute Gasteiger partial charge is 0.165 e. The van der Waals surface area contributed by atoms with Crippen molar-refractivity contribution in [2.45, 2.75) is 26.4 Å². The van der Waals surface area contributed by atoms with Crippen molar-refractivity contribution in [1.29, 1.82) is 0 Å². The standard InChI is InChI=1S/C12H15FO2/c1-8(2)12(15)11(14)7-9-4-3-5-10(13)6-9/h3-6,8,12,15H,7H2,1-2H3. The number of hydrogen-bond donors (Lipinski definition) is 1. The molecule has 15 heavy (non-hydrogen) atoms. The Morgan fingerprint density at radius 3 is 2.67 bits per heavy atom. The largest absolute Gasteiger partial charge is 0.385 e. The maximum absolute atomic E-state index is 12.8. The number of aliphatic hydroxyl groups excluding tert-OH is 1. The van der Waals surface area contributed by atoms with Gasteiger partial charge in [0.05, 0.1) is 0 Å². The lowest BCUT2D eigenvalue weighted by atomic mass is 9.98. The summed E-state index contributed by atoms with van der Waals surface area (Å²) in [6, 6.07) is 5.87. The fourth-order valence-electron chi connectivity index (χ4n) is 1.32. The second kappa shape index (κ2) is 5.03. The molecule has 0 aliphatic heterocycles. The Labute approximate surface area is 88.7 Å². The summed E-state index contributed by atoms with van der Waals surface area (Å²) in [6.45, 7) is 3.54. The molecule has 82 valence electrons. The molecule has 1 aromatic rings. The summed E-state index contributed by atoms with van der Waals surface area (Å²) in [7, 11) is 0. The van der Waals surface area contributed by atoms with Gasteiger partial charge in [-0.05, 0) is 23.6 Å². The Balaban J connectivity index is 2.66. The van der Waals surface area contributed by atoms with E-state index >= 15 is 0 Å². The van der Waals surface area contributed by atoms with Gasteiger partial charge in [-0.15, -0.1) is 0 Å². The van der Waals surface area contributed by atoms with E-state index in [2.05, 4.69) is 0 Å². The second-order valence-corrected chi connectivity index (χ2v) is 3.96. The van der Waals surface area contributed by atoms with Crippen LogP contribution >= 0.6 is 0 Å². The molecule has 0 fully saturated rings. The molecule has 1 aromatic carbocycles. The monoisotopic (exact) mass is 210 g/mol. The van der Waals surface area contributed by atoms with Gasteiger partial charge in [-0.2, -0.15) is 0 Å². The quantitative estimate of drug-likeness (QED) is 0.824. The SMILES string of the molecule is CC(C)C(O)C(=O)Cc1cccc(F)c1. The molecular weight excluding hydrogens is 195 g/mol. The van der Waals surface area contributed by atoms with Gasteiger partial charge in [0, 0.05) is 6.42 Å². The maximum Gasteiger partial charge on any atom is 0.165 e. The number of rotatable bonds is 4. The molecule has 1 rings (SSSR count). The zero-order valence-corrected chi connectivity index (χ0v) is 8.90. The Morgan fingerprint density at radius 2 is 2.13 bits per heavy atom. The van der Waals surface area contributed by atoms with Crippen LogP contribution in [0.4, 0.5) is 4.39 Å². The van der Waals surface area contributed by atoms with Crippen molar-refractivity contribution in [3.63, 3.8) is 0 Å². The van der Waals surface area contributed by atoms with Crippen LogP contribution in [0.5, 0.6) is 0 Å². The fraction of sp³-hybridized carbons (Fsp3) is 0.417. The summed E-state index contributed by atoms with van der Waals surface area (Å²) >= 11 is 0. The van der Waals surface area contributed by atoms with Crippen LogP contribution in [0.15, 0.2) is 24.3 Å². The Bertz CT molecular complexity index is 347. The predicted octanol–water partition coefficient (Wildman–Crippen LogP) is 1.95. The number of hydrogen-bond acceptors (Lipinski definition) is 2. The Hall–Kier alpha value is -1.22. The number of ketones is 1. The predicted molar refractivity (Wildman–Crippen MR) is 56.0 cm³/mol. The topological polar surface area (TPSA) is 37.3 Å². The van der Waals surface area contributed by atoms with Gasteiger partial charge < -0.3 is 5.11 Å². The highest BCUT2D eigenvalue weighted by Crippen LogP contribution is 2.09. The molecule has 1 N–H and O–H groups in total. The zero-order chi connectivity index (χ0) is 11.4. The summed E-state index contributed by atoms with van der Waals surface area (Å²) in [5, 5.41) is 9.48. The third-order valence-electron chi connectivity index (χ3n) is 2.23. The Morgan fingerprint density at radius 1 is 1.47 bits per heavy atom. The van der Waals surface area contributed by atoms with Crippen LogP contribution in [0.1, 0.15) is 19.4 Å². The molecule has 1 atom stereocenters. The van der Waals surface area contributed by atoms with Crippen molar-refractivity contribution < 1.29 is 14.3 Å². The van der Waals surface area contributed by atoms with Gasteiger partial charge >= 0.3 is 0 Å². The molecule has 0 amide bonds. The molecule has 0 saturated carbocycles. The molecular formula is C12H15FO2. The van der Waals surface area contributed by atoms with Gasteiger partial charge in [-0.3, -0.25) is 4.79 Å². The minimum absolute atomic E-state index is 0.0805. The third-order valence-corrected chi connectivity index (χ3v) is 2.23. The van der Waals surface area contributed by atoms with Crippen molar-refractivity contribution in [3.8, 4) is 0 Å². The van der Waals surface area contributed by atoms with Crippen LogP contribution in [0.25, 0.3) is 0 Å². The minimum Gasteiger partial charge on any atom is -0.385 e. The van der Waals surface area contributed by atoms with Gasteiger partial charge in [0.1, 0.15) is 11.9 Å². The van der Waals surface area contributed by atoms with Crippen LogP contribution < -0.4 is 0 Å². The molecule has 0 spiro atoms. The van der Waals surface area contributed by atoms with E-state index in [1.807, 2.05) is 0 Å². The Kier molecular flexibility index (Phi) is 3.97. The maximum atomic E-state index is 12.8. The average Bonchev–Trinajstić information content (AvgIpc) is 2.16. The van der Waals surface area contributed by atoms with Crippen LogP contribution in [0.3, 0.4) is 0 Å². The first-order valence-electron chi connectivity index (χ1n) is 4.96. The van der Waals surface area contributed by atoms with E-state index in [9.17, 15) is 14.3 Å². The number of aliphatic hydroxyl groups is 1. The van der Waals surface area contributed by atoms with Gasteiger partial charge in [-0.1, -0.05) is 26.0 Å². The van der Waals surface area contributed by atoms with E-state index < -0.39 is 6.10 Å². The normalized spacial score (nSPS) is 12.9. The highest BCUT2D eigenvalue weighted by Gasteiger charge is 2.18. The van der Waals surface area contributed by atoms with E-state index in [0.29, 0.717) is 5.56 Å². The summed E-state index contributed by atoms with van der Waals surface area (Å²) in [4.78, 5) is 11.5. The molecule has 1 unspecified atom stereocenters. The van der Waals surface area contributed by atoms with Gasteiger partial charge in [0.15, 0.2) is 5.78 Å². The second-order valence-electron chi connectivity index (χ2n) is 3.96. The van der Waals surface area contributed by atoms with Crippen molar-refractivity contribution in [3.05, 3.63) is 35.6 Å². The molecule has 2 nitrogen and oxygen atoms in total. The highest BCUT2D eigenvalue weighted by atomic mass is 19.1. The van der Waals surface area contributed by atoms with Crippen molar-refractivity contribution in [2.24, 2.45) is 5.92 Å². The van der Waals surface area contributed by atoms with Gasteiger partial charge in [0.2, 0.25) is 0 Å². The molecule has 0 aromatic heterocycles. The van der Waals surface area contributed by atoms with Gasteiger partial charge in [-0.25, -0.2) is 4.39 Å². The first-order valence-corrected chi connectivity index (χ1v) is 4.96. The van der Waals surface area contributed by atoms with Crippen LogP contribution in [0, 0.1) is 11.7 Å². The summed E-state index contributed by atoms with van der Waals surface area (Å²) in [5.41, 5.74) is 0.597. The summed E-state index contributed by atoms with van der Waals surface area (Å²) in [6.07, 6.45) is -0.884. The van der Waals surface area contributed by atoms with Gasteiger partial charge in [0.25, 0.3) is 0 Å². The number of halogens is 1. The van der Waals surface area contributed by atoms with Crippen LogP contribution in [-0.4, -0.2) is 17.0 Å². The minimum atomic E-state index is -0.965. The van der Waals surface area contributed by atoms with E-state index in [-0.39, 0.29) is 23.9 Å². The van der Waals surface area contributed by atoms with Crippen molar-refractivity contribution in [2.75, 3.05) is 0 Å². The first kappa shape index (κ1) is 11.9. The number of carbonyl (C=O) groups excluding carboxylic acids is 1. The van der Waals surface area contributed by atoms with Crippen LogP contribution in [0.2, 0.25) is 0 Å². The molecule has 0 saturated heterocycles. The summed E-state index contributed by atoms with van der Waals surface area (Å²) < 4.78 is 12.8. The van der Waals surface area contributed by atoms with Crippen LogP contribution in [-0.2, 0) is 11.2 Å². The molecule has 0 heterocycles. The van der Waals surface area contributed by atoms with E-state index in [4.69, 9.17) is 0 Å². The zero-order valence-electron chi connectivity index (χ0n) is 8.90. The molecule has 0 aliphatic rings. The number of Topliss-reactive ketones (excluding diaryl/α,β-unsaturated/α-hetero) is 1. The molecule has 3 heteroatoms. The fourth-order valence-corrected chi connectivity index (χ4v) is 1.32. The lowest BCUT2D eigenvalue weighted by molar-refractivity contribution is -0.128. The summed E-state index contributed by atoms with van der Waals surface area (Å²) in [5.74, 6) is -0.735. The van der Waals surface area contributed by atoms with Crippen molar-refractivity contribution in [1.82, 2.24) is 0 Å². The molecule has 0 bridgehead atoms. The molecule has 0 aliphatic carbocycles. The third kappa shape index (κ3) is 3.44. The highest BCUT2D eigenvalue weighted by molar-refractivity contribution is 5.85. The van der Waals surface area contributed by atoms with Crippen molar-refractivity contribution >= 4 is 5.78 Å². The lowest BCUT2D eigenvalue weighted by Crippen LogP contribution is -2.27. The number of benzene rings is 1. The average molecular weight is 210 g/mol. The first-order chi connectivity index (χ1) is 7.00. The number of carbonyl (C=O) groups is 1. The molecule has 0 radical (unpaired) electrons.